The molecule has 0 radical (unpaired) electrons. The van der Waals surface area contributed by atoms with Crippen molar-refractivity contribution in [2.75, 3.05) is 91.8 Å². The average Bonchev–Trinajstić information content (AvgIpc) is 1.70. The second kappa shape index (κ2) is 45.2. The van der Waals surface area contributed by atoms with Crippen LogP contribution in [0.25, 0.3) is 21.8 Å². The SMILES string of the molecule is COC(=O)NCCOCCNC(=O)CCOCCOCCNC(=O)CCN1C(=O)CC(SCC(NC(=O)CNC(=O)C(Cc2c[nH]c3ccccc23)NC(=O)C(Cc2c[nH]c3ccccc23)NC(=O)CNC(=O)C(Cc2ccccc2)NNC(=O)CC[C@@H](C)NC(=O)N[C@@H](CCC(=O)O)C(=O)O)C(=O)O)C1=O. The lowest BCUT2D eigenvalue weighted by molar-refractivity contribution is -0.141. The van der Waals surface area contributed by atoms with Crippen molar-refractivity contribution in [1.82, 2.24) is 78.9 Å². The Labute approximate surface area is 617 Å². The van der Waals surface area contributed by atoms with Gasteiger partial charge in [0.2, 0.25) is 59.1 Å². The number of likely N-dealkylation sites (tertiary alicyclic amines) is 1. The van der Waals surface area contributed by atoms with Crippen molar-refractivity contribution in [2.24, 2.45) is 0 Å². The molecule has 1 aliphatic heterocycles. The molecule has 3 aromatic carbocycles. The minimum absolute atomic E-state index is 0.00127. The van der Waals surface area contributed by atoms with E-state index in [2.05, 4.69) is 78.7 Å². The number of hydrogen-bond donors (Lipinski definition) is 17. The number of carbonyl (C=O) groups excluding carboxylic acids is 12. The van der Waals surface area contributed by atoms with Crippen LogP contribution in [0.5, 0.6) is 0 Å². The average molecular weight is 1510 g/mol. The molecule has 38 heteroatoms. The number of alkyl carbamates (subject to hydrolysis) is 1. The maximum absolute atomic E-state index is 14.8. The van der Waals surface area contributed by atoms with E-state index in [-0.39, 0.29) is 130 Å². The van der Waals surface area contributed by atoms with E-state index < -0.39 is 150 Å². The number of hydrazine groups is 1. The molecule has 107 heavy (non-hydrogen) atoms. The number of aliphatic carboxylic acids is 3. The largest absolute Gasteiger partial charge is 0.481 e. The van der Waals surface area contributed by atoms with Crippen LogP contribution in [0.4, 0.5) is 9.59 Å². The van der Waals surface area contributed by atoms with Crippen molar-refractivity contribution in [3.8, 4) is 0 Å². The van der Waals surface area contributed by atoms with Gasteiger partial charge < -0.3 is 97.4 Å². The number of imide groups is 1. The van der Waals surface area contributed by atoms with E-state index in [1.165, 1.54) is 7.11 Å². The summed E-state index contributed by atoms with van der Waals surface area (Å²) in [6.07, 6.45) is 0.889. The zero-order chi connectivity index (χ0) is 77.6. The van der Waals surface area contributed by atoms with Gasteiger partial charge in [-0.1, -0.05) is 66.7 Å². The third-order valence-corrected chi connectivity index (χ3v) is 17.6. The third kappa shape index (κ3) is 30.4. The molecule has 37 nitrogen and oxygen atoms in total. The van der Waals surface area contributed by atoms with Gasteiger partial charge in [-0.15, -0.1) is 11.8 Å². The molecule has 580 valence electrons. The number of rotatable bonds is 49. The fourth-order valence-corrected chi connectivity index (χ4v) is 11.8. The summed E-state index contributed by atoms with van der Waals surface area (Å²) in [4.78, 5) is 200. The summed E-state index contributed by atoms with van der Waals surface area (Å²) in [6, 6.07) is 14.1. The third-order valence-electron chi connectivity index (χ3n) is 16.3. The van der Waals surface area contributed by atoms with Gasteiger partial charge in [-0.2, -0.15) is 0 Å². The fraction of sp³-hybridized carbons (Fsp3) is 0.464. The highest BCUT2D eigenvalue weighted by molar-refractivity contribution is 8.00. The quantitative estimate of drug-likeness (QED) is 0.0120. The molecule has 1 fully saturated rings. The van der Waals surface area contributed by atoms with Gasteiger partial charge in [-0.3, -0.25) is 63.1 Å². The summed E-state index contributed by atoms with van der Waals surface area (Å²) in [5.74, 6) is -11.5. The number of amides is 13. The van der Waals surface area contributed by atoms with Crippen molar-refractivity contribution < 1.29 is 106 Å². The van der Waals surface area contributed by atoms with Crippen LogP contribution in [-0.4, -0.2) is 253 Å². The van der Waals surface area contributed by atoms with E-state index in [0.29, 0.717) is 38.5 Å². The van der Waals surface area contributed by atoms with E-state index >= 15 is 0 Å². The normalized spacial score (nSPS) is 14.2. The molecule has 6 rings (SSSR count). The molecule has 3 heterocycles. The lowest BCUT2D eigenvalue weighted by atomic mass is 10.0. The van der Waals surface area contributed by atoms with E-state index in [0.717, 1.165) is 16.7 Å². The lowest BCUT2D eigenvalue weighted by Crippen LogP contribution is -2.57. The second-order valence-electron chi connectivity index (χ2n) is 24.4. The summed E-state index contributed by atoms with van der Waals surface area (Å²) >= 11 is 0.799. The first-order valence-electron chi connectivity index (χ1n) is 34.3. The first-order valence-corrected chi connectivity index (χ1v) is 35.3. The smallest absolute Gasteiger partial charge is 0.406 e. The molecule has 13 amide bonds. The molecule has 5 aromatic rings. The number of nitrogens with one attached hydrogen (secondary N) is 14. The summed E-state index contributed by atoms with van der Waals surface area (Å²) in [5.41, 5.74) is 8.35. The van der Waals surface area contributed by atoms with Gasteiger partial charge >= 0.3 is 30.0 Å². The predicted octanol–water partition coefficient (Wildman–Crippen LogP) is -1.50. The number of aromatic nitrogens is 2. The van der Waals surface area contributed by atoms with Crippen LogP contribution in [-0.2, 0) is 101 Å². The summed E-state index contributed by atoms with van der Waals surface area (Å²) in [7, 11) is 1.25. The number of para-hydroxylation sites is 2. The number of carbonyl (C=O) groups is 15. The van der Waals surface area contributed by atoms with Crippen molar-refractivity contribution in [3.05, 3.63) is 108 Å². The molecule has 17 N–H and O–H groups in total. The van der Waals surface area contributed by atoms with Crippen molar-refractivity contribution in [1.29, 1.82) is 0 Å². The maximum atomic E-state index is 14.8. The predicted molar refractivity (Wildman–Crippen MR) is 383 cm³/mol. The van der Waals surface area contributed by atoms with Crippen LogP contribution in [0.15, 0.2) is 91.3 Å². The maximum Gasteiger partial charge on any atom is 0.406 e. The molecule has 0 bridgehead atoms. The van der Waals surface area contributed by atoms with Gasteiger partial charge in [0, 0.05) is 117 Å². The van der Waals surface area contributed by atoms with Gasteiger partial charge in [0.1, 0.15) is 30.2 Å². The van der Waals surface area contributed by atoms with E-state index in [1.54, 1.807) is 98.2 Å². The Morgan fingerprint density at radius 3 is 1.64 bits per heavy atom. The lowest BCUT2D eigenvalue weighted by Gasteiger charge is -2.24. The number of ether oxygens (including phenoxy) is 4. The zero-order valence-electron chi connectivity index (χ0n) is 58.9. The highest BCUT2D eigenvalue weighted by Crippen LogP contribution is 2.27. The number of nitrogens with zero attached hydrogens (tertiary/aromatic N) is 1. The Bertz CT molecular complexity index is 3880. The minimum Gasteiger partial charge on any atom is -0.481 e. The standard InChI is InChI=1S/C69H91N15O22S/c1-41(77-68(101)81-49(66(97)98)17-19-61(91)92)16-18-57(87)83-82-52(32-42-10-4-3-5-11-42)63(94)76-38-58(88)78-51(34-44-37-74-48-15-9-7-13-46(44)48)64(95)80-50(33-43-36-73-47-14-8-6-12-45(43)47)62(93)75-39-59(89)79-53(67(99)100)40-107-54-35-60(90)84(65(54)96)25-20-55(85)70-23-28-106-31-30-104-26-21-56(86)71-22-27-105-29-24-72-69(102)103-2/h3-15,36-37,41,49-54,73-74,82H,16-35,38-40H2,1-2H3,(H,70,85)(H,71,86)(H,72,102)(H,75,93)(H,76,94)(H,78,88)(H,79,89)(H,80,95)(H,83,87)(H,91,92)(H,97,98)(H,99,100)(H2,77,81,101)/t41-,49+,50?,51?,52?,53?,54?/m1/s1. The number of thioether (sulfide) groups is 1. The molecular formula is C69H91N15O22S. The Hall–Kier alpha value is -11.2. The van der Waals surface area contributed by atoms with Gasteiger partial charge in [0.05, 0.1) is 65.1 Å². The van der Waals surface area contributed by atoms with E-state index in [1.807, 2.05) is 0 Å². The number of aromatic amines is 2. The number of carboxylic acid groups (broad SMARTS) is 3. The summed E-state index contributed by atoms with van der Waals surface area (Å²) in [5, 5.41) is 54.0. The highest BCUT2D eigenvalue weighted by atomic mass is 32.2. The first-order chi connectivity index (χ1) is 51.4. The first kappa shape index (κ1) is 84.7. The van der Waals surface area contributed by atoms with Crippen LogP contribution in [0.2, 0.25) is 0 Å². The number of H-pyrrole nitrogens is 2. The van der Waals surface area contributed by atoms with Crippen LogP contribution < -0.4 is 64.0 Å². The Morgan fingerprint density at radius 2 is 1.06 bits per heavy atom. The summed E-state index contributed by atoms with van der Waals surface area (Å²) < 4.78 is 20.6. The minimum atomic E-state index is -1.63. The molecular weight excluding hydrogens is 1420 g/mol. The zero-order valence-corrected chi connectivity index (χ0v) is 59.7. The Balaban J connectivity index is 0.991. The monoisotopic (exact) mass is 1510 g/mol. The number of methoxy groups -OCH3 is 1. The van der Waals surface area contributed by atoms with Crippen LogP contribution in [0.1, 0.15) is 68.6 Å². The molecule has 1 aliphatic rings. The van der Waals surface area contributed by atoms with Crippen LogP contribution in [0, 0.1) is 0 Å². The highest BCUT2D eigenvalue weighted by Gasteiger charge is 2.40. The number of hydrogen-bond acceptors (Lipinski definition) is 21. The number of fused-ring (bicyclic) bond motifs is 2. The molecule has 5 unspecified atom stereocenters. The second-order valence-corrected chi connectivity index (χ2v) is 25.6. The Morgan fingerprint density at radius 1 is 0.523 bits per heavy atom. The molecule has 0 saturated carbocycles. The number of benzene rings is 3. The van der Waals surface area contributed by atoms with E-state index in [4.69, 9.17) is 19.3 Å². The summed E-state index contributed by atoms with van der Waals surface area (Å²) in [6.45, 7) is 1.51. The van der Waals surface area contributed by atoms with Gasteiger partial charge in [-0.05, 0) is 55.0 Å². The van der Waals surface area contributed by atoms with E-state index in [9.17, 15) is 82.1 Å². The van der Waals surface area contributed by atoms with Crippen LogP contribution >= 0.6 is 11.8 Å². The molecule has 0 aliphatic carbocycles. The number of carboxylic acids is 3. The fourth-order valence-electron chi connectivity index (χ4n) is 10.7. The Kier molecular flexibility index (Phi) is 35.8. The van der Waals surface area contributed by atoms with Crippen molar-refractivity contribution in [3.63, 3.8) is 0 Å². The van der Waals surface area contributed by atoms with Crippen molar-refractivity contribution >= 4 is 123 Å². The van der Waals surface area contributed by atoms with Gasteiger partial charge in [-0.25, -0.2) is 24.6 Å². The topological polar surface area (TPSA) is 533 Å². The van der Waals surface area contributed by atoms with Crippen LogP contribution in [0.3, 0.4) is 0 Å². The molecule has 7 atom stereocenters. The molecule has 2 aromatic heterocycles. The van der Waals surface area contributed by atoms with Gasteiger partial charge in [0.15, 0.2) is 0 Å². The van der Waals surface area contributed by atoms with Crippen molar-refractivity contribution in [2.45, 2.75) is 113 Å². The molecule has 1 saturated heterocycles. The molecule has 0 spiro atoms. The number of urea groups is 1. The van der Waals surface area contributed by atoms with Gasteiger partial charge in [0.25, 0.3) is 0 Å².